The lowest BCUT2D eigenvalue weighted by Gasteiger charge is -2.22. The van der Waals surface area contributed by atoms with Gasteiger partial charge in [-0.1, -0.05) is 62.3 Å². The monoisotopic (exact) mass is 375 g/mol. The van der Waals surface area contributed by atoms with Crippen molar-refractivity contribution >= 4 is 28.9 Å². The van der Waals surface area contributed by atoms with E-state index in [1.54, 1.807) is 6.07 Å². The second kappa shape index (κ2) is 8.32. The van der Waals surface area contributed by atoms with E-state index in [1.165, 1.54) is 0 Å². The van der Waals surface area contributed by atoms with E-state index in [0.717, 1.165) is 18.7 Å². The zero-order chi connectivity index (χ0) is 21.0. The molecule has 0 unspecified atom stereocenters. The second-order valence-electron chi connectivity index (χ2n) is 10.4. The van der Waals surface area contributed by atoms with Crippen LogP contribution in [0.15, 0.2) is 18.2 Å². The number of anilines is 3. The number of benzene rings is 1. The molecule has 1 aromatic rings. The molecule has 0 aliphatic rings. The van der Waals surface area contributed by atoms with Crippen LogP contribution >= 0.6 is 0 Å². The quantitative estimate of drug-likeness (QED) is 0.636. The van der Waals surface area contributed by atoms with E-state index < -0.39 is 10.8 Å². The lowest BCUT2D eigenvalue weighted by Crippen LogP contribution is -2.28. The maximum Gasteiger partial charge on any atom is 0.229 e. The molecule has 27 heavy (non-hydrogen) atoms. The Morgan fingerprint density at radius 1 is 0.704 bits per heavy atom. The molecule has 0 spiro atoms. The molecule has 0 fully saturated rings. The Balaban J connectivity index is 3.07. The Morgan fingerprint density at radius 3 is 1.41 bits per heavy atom. The third-order valence-corrected chi connectivity index (χ3v) is 4.02. The van der Waals surface area contributed by atoms with Crippen LogP contribution in [0.25, 0.3) is 0 Å². The van der Waals surface area contributed by atoms with Gasteiger partial charge in [-0.05, 0) is 30.0 Å². The molecule has 5 nitrogen and oxygen atoms in total. The number of rotatable bonds is 5. The maximum atomic E-state index is 12.4. The third kappa shape index (κ3) is 8.46. The number of hydrogen-bond donors (Lipinski definition) is 3. The molecule has 1 aromatic carbocycles. The first-order chi connectivity index (χ1) is 12.1. The van der Waals surface area contributed by atoms with Gasteiger partial charge in [-0.25, -0.2) is 0 Å². The molecule has 0 bridgehead atoms. The van der Waals surface area contributed by atoms with Crippen LogP contribution in [0.3, 0.4) is 0 Å². The van der Waals surface area contributed by atoms with Crippen molar-refractivity contribution in [1.82, 2.24) is 0 Å². The molecule has 0 radical (unpaired) electrons. The highest BCUT2D eigenvalue weighted by Gasteiger charge is 2.23. The summed E-state index contributed by atoms with van der Waals surface area (Å²) in [5, 5.41) is 9.31. The van der Waals surface area contributed by atoms with Gasteiger partial charge in [0.1, 0.15) is 0 Å². The highest BCUT2D eigenvalue weighted by molar-refractivity contribution is 5.98. The summed E-state index contributed by atoms with van der Waals surface area (Å²) in [6.45, 7) is 18.6. The number of amides is 2. The highest BCUT2D eigenvalue weighted by atomic mass is 16.2. The van der Waals surface area contributed by atoms with E-state index in [1.807, 2.05) is 53.7 Å². The number of nitrogens with one attached hydrogen (secondary N) is 3. The molecule has 0 aliphatic heterocycles. The standard InChI is InChI=1S/C22H37N3O2/c1-20(2,3)10-11-23-15-12-16(24-18(26)21(4,5)6)14-17(13-15)25-19(27)22(7,8)9/h12-14,23H,10-11H2,1-9H3,(H,24,26)(H,25,27). The molecule has 0 saturated carbocycles. The molecule has 0 heterocycles. The van der Waals surface area contributed by atoms with E-state index in [0.29, 0.717) is 11.4 Å². The average molecular weight is 376 g/mol. The van der Waals surface area contributed by atoms with Crippen molar-refractivity contribution in [2.45, 2.75) is 68.7 Å². The van der Waals surface area contributed by atoms with Crippen LogP contribution in [0.1, 0.15) is 68.7 Å². The first-order valence-electron chi connectivity index (χ1n) is 9.60. The number of carbonyl (C=O) groups is 2. The number of hydrogen-bond acceptors (Lipinski definition) is 3. The molecule has 0 atom stereocenters. The van der Waals surface area contributed by atoms with Crippen LogP contribution in [0.4, 0.5) is 17.1 Å². The normalized spacial score (nSPS) is 12.5. The lowest BCUT2D eigenvalue weighted by molar-refractivity contribution is -0.123. The Labute approximate surface area is 164 Å². The van der Waals surface area contributed by atoms with Gasteiger partial charge in [0.05, 0.1) is 0 Å². The summed E-state index contributed by atoms with van der Waals surface area (Å²) < 4.78 is 0. The highest BCUT2D eigenvalue weighted by Crippen LogP contribution is 2.27. The summed E-state index contributed by atoms with van der Waals surface area (Å²) >= 11 is 0. The Kier molecular flexibility index (Phi) is 7.09. The smallest absolute Gasteiger partial charge is 0.229 e. The van der Waals surface area contributed by atoms with Crippen LogP contribution in [-0.2, 0) is 9.59 Å². The van der Waals surface area contributed by atoms with Gasteiger partial charge >= 0.3 is 0 Å². The zero-order valence-electron chi connectivity index (χ0n) is 18.5. The van der Waals surface area contributed by atoms with Crippen molar-refractivity contribution in [1.29, 1.82) is 0 Å². The summed E-state index contributed by atoms with van der Waals surface area (Å²) in [7, 11) is 0. The van der Waals surface area contributed by atoms with Crippen LogP contribution in [0, 0.1) is 16.2 Å². The molecule has 5 heteroatoms. The first-order valence-corrected chi connectivity index (χ1v) is 9.60. The SMILES string of the molecule is CC(C)(C)CCNc1cc(NC(=O)C(C)(C)C)cc(NC(=O)C(C)(C)C)c1. The van der Waals surface area contributed by atoms with Crippen LogP contribution in [0.5, 0.6) is 0 Å². The Bertz CT molecular complexity index is 628. The van der Waals surface area contributed by atoms with Gasteiger partial charge in [-0.2, -0.15) is 0 Å². The van der Waals surface area contributed by atoms with Gasteiger partial charge in [-0.15, -0.1) is 0 Å². The summed E-state index contributed by atoms with van der Waals surface area (Å²) in [5.41, 5.74) is 1.44. The molecular formula is C22H37N3O2. The molecule has 152 valence electrons. The summed E-state index contributed by atoms with van der Waals surface area (Å²) in [6, 6.07) is 5.60. The van der Waals surface area contributed by atoms with Crippen LogP contribution < -0.4 is 16.0 Å². The van der Waals surface area contributed by atoms with Crippen molar-refractivity contribution in [2.75, 3.05) is 22.5 Å². The molecular weight excluding hydrogens is 338 g/mol. The van der Waals surface area contributed by atoms with Crippen molar-refractivity contribution in [3.05, 3.63) is 18.2 Å². The minimum atomic E-state index is -0.496. The second-order valence-corrected chi connectivity index (χ2v) is 10.4. The number of carbonyl (C=O) groups excluding carboxylic acids is 2. The van der Waals surface area contributed by atoms with Crippen molar-refractivity contribution in [3.63, 3.8) is 0 Å². The van der Waals surface area contributed by atoms with E-state index in [2.05, 4.69) is 36.7 Å². The van der Waals surface area contributed by atoms with Crippen LogP contribution in [-0.4, -0.2) is 18.4 Å². The van der Waals surface area contributed by atoms with Gasteiger partial charge in [0.2, 0.25) is 11.8 Å². The summed E-state index contributed by atoms with van der Waals surface area (Å²) in [6.07, 6.45) is 1.01. The largest absolute Gasteiger partial charge is 0.385 e. The van der Waals surface area contributed by atoms with Gasteiger partial charge in [0, 0.05) is 34.4 Å². The molecule has 1 rings (SSSR count). The van der Waals surface area contributed by atoms with Crippen molar-refractivity contribution in [3.8, 4) is 0 Å². The van der Waals surface area contributed by atoms with Gasteiger partial charge in [0.15, 0.2) is 0 Å². The minimum Gasteiger partial charge on any atom is -0.385 e. The zero-order valence-corrected chi connectivity index (χ0v) is 18.5. The van der Waals surface area contributed by atoms with E-state index in [4.69, 9.17) is 0 Å². The van der Waals surface area contributed by atoms with E-state index in [9.17, 15) is 9.59 Å². The van der Waals surface area contributed by atoms with Gasteiger partial charge < -0.3 is 16.0 Å². The van der Waals surface area contributed by atoms with Gasteiger partial charge in [-0.3, -0.25) is 9.59 Å². The molecule has 0 aliphatic carbocycles. The Morgan fingerprint density at radius 2 is 1.07 bits per heavy atom. The van der Waals surface area contributed by atoms with Crippen LogP contribution in [0.2, 0.25) is 0 Å². The Hall–Kier alpha value is -2.04. The lowest BCUT2D eigenvalue weighted by atomic mass is 9.92. The average Bonchev–Trinajstić information content (AvgIpc) is 2.43. The van der Waals surface area contributed by atoms with Crippen molar-refractivity contribution in [2.24, 2.45) is 16.2 Å². The van der Waals surface area contributed by atoms with Crippen molar-refractivity contribution < 1.29 is 9.59 Å². The van der Waals surface area contributed by atoms with E-state index in [-0.39, 0.29) is 17.2 Å². The fourth-order valence-electron chi connectivity index (χ4n) is 2.09. The molecule has 0 aromatic heterocycles. The molecule has 2 amide bonds. The third-order valence-electron chi connectivity index (χ3n) is 4.02. The topological polar surface area (TPSA) is 70.2 Å². The summed E-state index contributed by atoms with van der Waals surface area (Å²) in [4.78, 5) is 24.7. The predicted molar refractivity (Wildman–Crippen MR) is 115 cm³/mol. The first kappa shape index (κ1) is 23.0. The van der Waals surface area contributed by atoms with Gasteiger partial charge in [0.25, 0.3) is 0 Å². The summed E-state index contributed by atoms with van der Waals surface area (Å²) in [5.74, 6) is -0.134. The molecule has 3 N–H and O–H groups in total. The fraction of sp³-hybridized carbons (Fsp3) is 0.636. The predicted octanol–water partition coefficient (Wildman–Crippen LogP) is 5.50. The maximum absolute atomic E-state index is 12.4. The molecule has 0 saturated heterocycles. The minimum absolute atomic E-state index is 0.0672. The van der Waals surface area contributed by atoms with E-state index >= 15 is 0 Å². The fourth-order valence-corrected chi connectivity index (χ4v) is 2.09.